The lowest BCUT2D eigenvalue weighted by molar-refractivity contribution is 0.601. The van der Waals surface area contributed by atoms with Crippen molar-refractivity contribution in [1.29, 1.82) is 0 Å². The molecule has 4 nitrogen and oxygen atoms in total. The highest BCUT2D eigenvalue weighted by molar-refractivity contribution is 7.92. The number of sulfonamides is 1. The van der Waals surface area contributed by atoms with E-state index in [1.807, 2.05) is 6.92 Å². The summed E-state index contributed by atoms with van der Waals surface area (Å²) in [6, 6.07) is 10.5. The molecule has 0 spiro atoms. The van der Waals surface area contributed by atoms with Crippen LogP contribution in [0.5, 0.6) is 0 Å². The molecule has 0 atom stereocenters. The van der Waals surface area contributed by atoms with E-state index in [2.05, 4.69) is 10.0 Å². The second kappa shape index (κ2) is 6.13. The molecule has 112 valence electrons. The number of rotatable bonds is 5. The van der Waals surface area contributed by atoms with Crippen LogP contribution in [0.25, 0.3) is 0 Å². The van der Waals surface area contributed by atoms with Gasteiger partial charge in [-0.15, -0.1) is 0 Å². The SMILES string of the molecule is CCNc1ccc(S(=O)(=O)Nc2cc(C)cc(F)c2)cc1. The van der Waals surface area contributed by atoms with Crippen LogP contribution in [-0.4, -0.2) is 15.0 Å². The lowest BCUT2D eigenvalue weighted by Gasteiger charge is -2.10. The maximum atomic E-state index is 13.3. The molecule has 0 aliphatic rings. The molecule has 0 aliphatic carbocycles. The van der Waals surface area contributed by atoms with E-state index in [1.165, 1.54) is 18.2 Å². The largest absolute Gasteiger partial charge is 0.385 e. The predicted molar refractivity (Wildman–Crippen MR) is 82.6 cm³/mol. The van der Waals surface area contributed by atoms with Gasteiger partial charge >= 0.3 is 0 Å². The second-order valence-corrected chi connectivity index (χ2v) is 6.36. The Morgan fingerprint density at radius 3 is 2.29 bits per heavy atom. The molecule has 0 radical (unpaired) electrons. The molecule has 0 aliphatic heterocycles. The molecule has 0 saturated heterocycles. The fourth-order valence-electron chi connectivity index (χ4n) is 1.97. The van der Waals surface area contributed by atoms with Gasteiger partial charge in [0.05, 0.1) is 10.6 Å². The minimum atomic E-state index is -3.72. The Kier molecular flexibility index (Phi) is 4.47. The third-order valence-electron chi connectivity index (χ3n) is 2.84. The first kappa shape index (κ1) is 15.3. The first-order valence-electron chi connectivity index (χ1n) is 6.54. The van der Waals surface area contributed by atoms with Crippen molar-refractivity contribution in [1.82, 2.24) is 0 Å². The molecule has 2 aromatic carbocycles. The van der Waals surface area contributed by atoms with Crippen molar-refractivity contribution < 1.29 is 12.8 Å². The Hall–Kier alpha value is -2.08. The maximum absolute atomic E-state index is 13.3. The summed E-state index contributed by atoms with van der Waals surface area (Å²) in [6.45, 7) is 4.41. The molecule has 2 aromatic rings. The van der Waals surface area contributed by atoms with Crippen LogP contribution in [0, 0.1) is 12.7 Å². The van der Waals surface area contributed by atoms with Gasteiger partial charge in [-0.25, -0.2) is 12.8 Å². The summed E-state index contributed by atoms with van der Waals surface area (Å²) in [6.07, 6.45) is 0. The molecule has 0 unspecified atom stereocenters. The summed E-state index contributed by atoms with van der Waals surface area (Å²) in [4.78, 5) is 0.131. The fourth-order valence-corrected chi connectivity index (χ4v) is 3.01. The van der Waals surface area contributed by atoms with Crippen LogP contribution in [0.1, 0.15) is 12.5 Å². The van der Waals surface area contributed by atoms with Crippen LogP contribution in [0.4, 0.5) is 15.8 Å². The highest BCUT2D eigenvalue weighted by Crippen LogP contribution is 2.20. The van der Waals surface area contributed by atoms with Gasteiger partial charge in [0.1, 0.15) is 5.82 Å². The zero-order valence-corrected chi connectivity index (χ0v) is 12.7. The lowest BCUT2D eigenvalue weighted by atomic mass is 10.2. The van der Waals surface area contributed by atoms with Crippen molar-refractivity contribution in [3.05, 3.63) is 53.8 Å². The van der Waals surface area contributed by atoms with Crippen molar-refractivity contribution >= 4 is 21.4 Å². The van der Waals surface area contributed by atoms with Crippen LogP contribution in [-0.2, 0) is 10.0 Å². The van der Waals surface area contributed by atoms with Crippen molar-refractivity contribution in [3.8, 4) is 0 Å². The van der Waals surface area contributed by atoms with Crippen LogP contribution in [0.2, 0.25) is 0 Å². The lowest BCUT2D eigenvalue weighted by Crippen LogP contribution is -2.13. The van der Waals surface area contributed by atoms with Crippen LogP contribution in [0.3, 0.4) is 0 Å². The topological polar surface area (TPSA) is 58.2 Å². The van der Waals surface area contributed by atoms with E-state index in [1.54, 1.807) is 25.1 Å². The minimum Gasteiger partial charge on any atom is -0.385 e. The average Bonchev–Trinajstić information content (AvgIpc) is 2.38. The minimum absolute atomic E-state index is 0.131. The number of halogens is 1. The molecule has 6 heteroatoms. The molecule has 21 heavy (non-hydrogen) atoms. The molecule has 0 bridgehead atoms. The Morgan fingerprint density at radius 2 is 1.71 bits per heavy atom. The monoisotopic (exact) mass is 308 g/mol. The fraction of sp³-hybridized carbons (Fsp3) is 0.200. The standard InChI is InChI=1S/C15H17FN2O2S/c1-3-17-13-4-6-15(7-5-13)21(19,20)18-14-9-11(2)8-12(16)10-14/h4-10,17-18H,3H2,1-2H3. The first-order chi connectivity index (χ1) is 9.90. The zero-order valence-electron chi connectivity index (χ0n) is 11.9. The van der Waals surface area contributed by atoms with Crippen LogP contribution < -0.4 is 10.0 Å². The third-order valence-corrected chi connectivity index (χ3v) is 4.24. The van der Waals surface area contributed by atoms with E-state index in [0.717, 1.165) is 18.3 Å². The summed E-state index contributed by atoms with van der Waals surface area (Å²) in [5.41, 5.74) is 1.71. The quantitative estimate of drug-likeness (QED) is 0.890. The second-order valence-electron chi connectivity index (χ2n) is 4.68. The number of hydrogen-bond donors (Lipinski definition) is 2. The molecule has 0 amide bonds. The smallest absolute Gasteiger partial charge is 0.261 e. The van der Waals surface area contributed by atoms with Gasteiger partial charge in [0, 0.05) is 12.2 Å². The van der Waals surface area contributed by atoms with Crippen molar-refractivity contribution in [2.45, 2.75) is 18.7 Å². The summed E-state index contributed by atoms with van der Waals surface area (Å²) < 4.78 is 40.2. The third kappa shape index (κ3) is 3.95. The van der Waals surface area contributed by atoms with Gasteiger partial charge in [-0.05, 0) is 61.9 Å². The van der Waals surface area contributed by atoms with Crippen LogP contribution >= 0.6 is 0 Å². The van der Waals surface area contributed by atoms with E-state index in [-0.39, 0.29) is 10.6 Å². The molecule has 0 saturated carbocycles. The molecular formula is C15H17FN2O2S. The Labute approximate surface area is 124 Å². The van der Waals surface area contributed by atoms with E-state index in [0.29, 0.717) is 5.56 Å². The van der Waals surface area contributed by atoms with E-state index in [9.17, 15) is 12.8 Å². The van der Waals surface area contributed by atoms with E-state index in [4.69, 9.17) is 0 Å². The molecule has 0 aromatic heterocycles. The normalized spacial score (nSPS) is 11.2. The summed E-state index contributed by atoms with van der Waals surface area (Å²) in [5, 5.41) is 3.09. The van der Waals surface area contributed by atoms with Gasteiger partial charge < -0.3 is 5.32 Å². The molecular weight excluding hydrogens is 291 g/mol. The predicted octanol–water partition coefficient (Wildman–Crippen LogP) is 3.37. The first-order valence-corrected chi connectivity index (χ1v) is 8.03. The van der Waals surface area contributed by atoms with Gasteiger partial charge in [0.25, 0.3) is 10.0 Å². The van der Waals surface area contributed by atoms with E-state index < -0.39 is 15.8 Å². The highest BCUT2D eigenvalue weighted by Gasteiger charge is 2.14. The number of hydrogen-bond acceptors (Lipinski definition) is 3. The van der Waals surface area contributed by atoms with Gasteiger partial charge in [-0.2, -0.15) is 0 Å². The number of nitrogens with one attached hydrogen (secondary N) is 2. The molecule has 2 rings (SSSR count). The number of benzene rings is 2. The Morgan fingerprint density at radius 1 is 1.05 bits per heavy atom. The maximum Gasteiger partial charge on any atom is 0.261 e. The van der Waals surface area contributed by atoms with Crippen molar-refractivity contribution in [3.63, 3.8) is 0 Å². The zero-order chi connectivity index (χ0) is 15.5. The summed E-state index contributed by atoms with van der Waals surface area (Å²) in [5.74, 6) is -0.477. The average molecular weight is 308 g/mol. The number of anilines is 2. The van der Waals surface area contributed by atoms with Gasteiger partial charge in [0.2, 0.25) is 0 Å². The summed E-state index contributed by atoms with van der Waals surface area (Å²) >= 11 is 0. The Bertz CT molecular complexity index is 708. The summed E-state index contributed by atoms with van der Waals surface area (Å²) in [7, 11) is -3.72. The van der Waals surface area contributed by atoms with Gasteiger partial charge in [-0.1, -0.05) is 0 Å². The van der Waals surface area contributed by atoms with Gasteiger partial charge in [-0.3, -0.25) is 4.72 Å². The van der Waals surface area contributed by atoms with Gasteiger partial charge in [0.15, 0.2) is 0 Å². The molecule has 2 N–H and O–H groups in total. The molecule has 0 fully saturated rings. The number of aryl methyl sites for hydroxylation is 1. The Balaban J connectivity index is 2.25. The van der Waals surface area contributed by atoms with E-state index >= 15 is 0 Å². The highest BCUT2D eigenvalue weighted by atomic mass is 32.2. The van der Waals surface area contributed by atoms with Crippen molar-refractivity contribution in [2.75, 3.05) is 16.6 Å². The molecule has 0 heterocycles. The van der Waals surface area contributed by atoms with Crippen molar-refractivity contribution in [2.24, 2.45) is 0 Å². The van der Waals surface area contributed by atoms with Crippen LogP contribution in [0.15, 0.2) is 47.4 Å².